The molecular formula is C13H18FN3O2S. The zero-order valence-corrected chi connectivity index (χ0v) is 12.6. The second-order valence-electron chi connectivity index (χ2n) is 4.74. The number of benzene rings is 1. The molecule has 0 saturated heterocycles. The highest BCUT2D eigenvalue weighted by Gasteiger charge is 2.21. The molecule has 0 aliphatic heterocycles. The number of halogens is 1. The van der Waals surface area contributed by atoms with Crippen molar-refractivity contribution in [2.75, 3.05) is 34.2 Å². The standard InChI is InChI=1S/C13H18FN3O2S/c1-16(2)7-4-8-17(3)20(18,19)12-5-6-13(14)11(9-12)10-15/h5-6,9H,4,7-8H2,1-3H3. The lowest BCUT2D eigenvalue weighted by Gasteiger charge is -2.18. The first-order chi connectivity index (χ1) is 9.28. The molecule has 20 heavy (non-hydrogen) atoms. The summed E-state index contributed by atoms with van der Waals surface area (Å²) >= 11 is 0. The topological polar surface area (TPSA) is 64.4 Å². The minimum absolute atomic E-state index is 0.0668. The van der Waals surface area contributed by atoms with Crippen molar-refractivity contribution in [2.24, 2.45) is 0 Å². The molecule has 0 atom stereocenters. The Morgan fingerprint density at radius 2 is 1.90 bits per heavy atom. The fraction of sp³-hybridized carbons (Fsp3) is 0.462. The number of sulfonamides is 1. The van der Waals surface area contributed by atoms with Crippen LogP contribution in [0.25, 0.3) is 0 Å². The summed E-state index contributed by atoms with van der Waals surface area (Å²) in [6.45, 7) is 1.13. The maximum absolute atomic E-state index is 13.2. The normalized spacial score (nSPS) is 11.8. The molecule has 0 amide bonds. The second-order valence-corrected chi connectivity index (χ2v) is 6.78. The van der Waals surface area contributed by atoms with E-state index in [1.165, 1.54) is 17.4 Å². The van der Waals surface area contributed by atoms with Crippen LogP contribution in [0.2, 0.25) is 0 Å². The smallest absolute Gasteiger partial charge is 0.242 e. The number of nitriles is 1. The highest BCUT2D eigenvalue weighted by atomic mass is 32.2. The summed E-state index contributed by atoms with van der Waals surface area (Å²) in [5.74, 6) is -0.721. The Hall–Kier alpha value is -1.49. The Kier molecular flexibility index (Phi) is 5.62. The van der Waals surface area contributed by atoms with Gasteiger partial charge in [-0.2, -0.15) is 5.26 Å². The first-order valence-corrected chi connectivity index (χ1v) is 7.53. The van der Waals surface area contributed by atoms with Gasteiger partial charge in [0, 0.05) is 13.6 Å². The Bertz CT molecular complexity index is 609. The minimum atomic E-state index is -3.69. The molecule has 0 spiro atoms. The molecule has 0 radical (unpaired) electrons. The minimum Gasteiger partial charge on any atom is -0.309 e. The van der Waals surface area contributed by atoms with Gasteiger partial charge in [-0.05, 0) is 45.3 Å². The molecule has 0 fully saturated rings. The molecule has 110 valence electrons. The van der Waals surface area contributed by atoms with Gasteiger partial charge in [0.05, 0.1) is 10.5 Å². The molecule has 0 N–H and O–H groups in total. The maximum Gasteiger partial charge on any atom is 0.242 e. The van der Waals surface area contributed by atoms with Gasteiger partial charge in [-0.25, -0.2) is 17.1 Å². The number of nitrogens with zero attached hydrogens (tertiary/aromatic N) is 3. The van der Waals surface area contributed by atoms with E-state index in [1.807, 2.05) is 19.0 Å². The van der Waals surface area contributed by atoms with Gasteiger partial charge in [-0.1, -0.05) is 0 Å². The van der Waals surface area contributed by atoms with E-state index in [-0.39, 0.29) is 10.5 Å². The maximum atomic E-state index is 13.2. The first-order valence-electron chi connectivity index (χ1n) is 6.09. The monoisotopic (exact) mass is 299 g/mol. The summed E-state index contributed by atoms with van der Waals surface area (Å²) in [7, 11) is 1.60. The molecule has 5 nitrogen and oxygen atoms in total. The van der Waals surface area contributed by atoms with Crippen LogP contribution in [0.1, 0.15) is 12.0 Å². The molecule has 7 heteroatoms. The van der Waals surface area contributed by atoms with Gasteiger partial charge in [-0.15, -0.1) is 0 Å². The van der Waals surface area contributed by atoms with Crippen molar-refractivity contribution in [3.05, 3.63) is 29.6 Å². The van der Waals surface area contributed by atoms with Crippen molar-refractivity contribution >= 4 is 10.0 Å². The van der Waals surface area contributed by atoms with Gasteiger partial charge in [0.1, 0.15) is 11.9 Å². The van der Waals surface area contributed by atoms with Gasteiger partial charge in [0.25, 0.3) is 0 Å². The Labute approximate surface area is 119 Å². The molecular weight excluding hydrogens is 281 g/mol. The van der Waals surface area contributed by atoms with Crippen LogP contribution in [0.3, 0.4) is 0 Å². The van der Waals surface area contributed by atoms with Crippen molar-refractivity contribution in [2.45, 2.75) is 11.3 Å². The van der Waals surface area contributed by atoms with Crippen LogP contribution in [-0.2, 0) is 10.0 Å². The predicted octanol–water partition coefficient (Wildman–Crippen LogP) is 1.27. The molecule has 0 aromatic heterocycles. The zero-order valence-electron chi connectivity index (χ0n) is 11.8. The van der Waals surface area contributed by atoms with Gasteiger partial charge < -0.3 is 4.90 Å². The molecule has 0 saturated carbocycles. The first kappa shape index (κ1) is 16.6. The zero-order chi connectivity index (χ0) is 15.3. The van der Waals surface area contributed by atoms with Crippen LogP contribution in [0.4, 0.5) is 4.39 Å². The van der Waals surface area contributed by atoms with E-state index in [2.05, 4.69) is 0 Å². The summed E-state index contributed by atoms with van der Waals surface area (Å²) in [5, 5.41) is 8.75. The molecule has 0 aliphatic carbocycles. The van der Waals surface area contributed by atoms with Crippen LogP contribution in [-0.4, -0.2) is 51.9 Å². The average Bonchev–Trinajstić information content (AvgIpc) is 2.38. The SMILES string of the molecule is CN(C)CCCN(C)S(=O)(=O)c1ccc(F)c(C#N)c1. The molecule has 0 unspecified atom stereocenters. The summed E-state index contributed by atoms with van der Waals surface area (Å²) in [6.07, 6.45) is 0.690. The van der Waals surface area contributed by atoms with Gasteiger partial charge in [0.15, 0.2) is 0 Å². The van der Waals surface area contributed by atoms with E-state index in [9.17, 15) is 12.8 Å². The Morgan fingerprint density at radius 3 is 2.45 bits per heavy atom. The van der Waals surface area contributed by atoms with E-state index in [0.717, 1.165) is 18.7 Å². The van der Waals surface area contributed by atoms with Crippen LogP contribution < -0.4 is 0 Å². The van der Waals surface area contributed by atoms with Crippen LogP contribution in [0.15, 0.2) is 23.1 Å². The Balaban J connectivity index is 2.91. The average molecular weight is 299 g/mol. The summed E-state index contributed by atoms with van der Waals surface area (Å²) < 4.78 is 39.0. The van der Waals surface area contributed by atoms with Gasteiger partial charge in [0.2, 0.25) is 10.0 Å². The quantitative estimate of drug-likeness (QED) is 0.793. The van der Waals surface area contributed by atoms with Gasteiger partial charge in [-0.3, -0.25) is 0 Å². The lowest BCUT2D eigenvalue weighted by Crippen LogP contribution is -2.30. The van der Waals surface area contributed by atoms with Crippen molar-refractivity contribution in [3.8, 4) is 6.07 Å². The van der Waals surface area contributed by atoms with Crippen molar-refractivity contribution in [3.63, 3.8) is 0 Å². The predicted molar refractivity (Wildman–Crippen MR) is 74.1 cm³/mol. The van der Waals surface area contributed by atoms with E-state index in [0.29, 0.717) is 13.0 Å². The lowest BCUT2D eigenvalue weighted by atomic mass is 10.2. The van der Waals surface area contributed by atoms with Gasteiger partial charge >= 0.3 is 0 Å². The van der Waals surface area contributed by atoms with E-state index < -0.39 is 15.8 Å². The third kappa shape index (κ3) is 4.00. The van der Waals surface area contributed by atoms with Crippen molar-refractivity contribution < 1.29 is 12.8 Å². The molecule has 1 rings (SSSR count). The summed E-state index contributed by atoms with van der Waals surface area (Å²) in [6, 6.07) is 4.88. The third-order valence-electron chi connectivity index (χ3n) is 2.84. The highest BCUT2D eigenvalue weighted by molar-refractivity contribution is 7.89. The number of hydrogen-bond acceptors (Lipinski definition) is 4. The van der Waals surface area contributed by atoms with E-state index in [1.54, 1.807) is 6.07 Å². The number of hydrogen-bond donors (Lipinski definition) is 0. The Morgan fingerprint density at radius 1 is 1.25 bits per heavy atom. The molecule has 1 aromatic carbocycles. The summed E-state index contributed by atoms with van der Waals surface area (Å²) in [5.41, 5.74) is -0.271. The summed E-state index contributed by atoms with van der Waals surface area (Å²) in [4.78, 5) is 1.90. The molecule has 0 heterocycles. The fourth-order valence-electron chi connectivity index (χ4n) is 1.66. The fourth-order valence-corrected chi connectivity index (χ4v) is 2.90. The lowest BCUT2D eigenvalue weighted by molar-refractivity contribution is 0.370. The van der Waals surface area contributed by atoms with E-state index in [4.69, 9.17) is 5.26 Å². The molecule has 0 bridgehead atoms. The second kappa shape index (κ2) is 6.79. The van der Waals surface area contributed by atoms with E-state index >= 15 is 0 Å². The number of rotatable bonds is 6. The van der Waals surface area contributed by atoms with Crippen LogP contribution in [0.5, 0.6) is 0 Å². The third-order valence-corrected chi connectivity index (χ3v) is 4.70. The van der Waals surface area contributed by atoms with Crippen LogP contribution in [0, 0.1) is 17.1 Å². The molecule has 0 aliphatic rings. The van der Waals surface area contributed by atoms with Crippen molar-refractivity contribution in [1.82, 2.24) is 9.21 Å². The van der Waals surface area contributed by atoms with Crippen molar-refractivity contribution in [1.29, 1.82) is 5.26 Å². The largest absolute Gasteiger partial charge is 0.309 e. The highest BCUT2D eigenvalue weighted by Crippen LogP contribution is 2.18. The molecule has 1 aromatic rings. The van der Waals surface area contributed by atoms with Crippen LogP contribution >= 0.6 is 0 Å².